The second kappa shape index (κ2) is 10.4. The van der Waals surface area contributed by atoms with Gasteiger partial charge in [-0.25, -0.2) is 9.97 Å². The van der Waals surface area contributed by atoms with E-state index in [2.05, 4.69) is 59.1 Å². The molecule has 0 radical (unpaired) electrons. The SMILES string of the molecule is c1cc(C2CN(C(c3cc4ncncc4s3)N3CCC(N4CCCCC4)CC3)CCO2)c2cn[nH]c2c1. The van der Waals surface area contributed by atoms with E-state index >= 15 is 0 Å². The van der Waals surface area contributed by atoms with Crippen LogP contribution in [0.5, 0.6) is 0 Å². The van der Waals surface area contributed by atoms with Crippen LogP contribution in [0.1, 0.15) is 54.8 Å². The fourth-order valence-electron chi connectivity index (χ4n) is 6.65. The molecule has 3 fully saturated rings. The Morgan fingerprint density at radius 3 is 2.76 bits per heavy atom. The number of nitrogens with one attached hydrogen (secondary N) is 1. The fourth-order valence-corrected chi connectivity index (χ4v) is 7.81. The third kappa shape index (κ3) is 4.68. The topological polar surface area (TPSA) is 73.4 Å². The molecule has 6 heterocycles. The summed E-state index contributed by atoms with van der Waals surface area (Å²) in [5.41, 5.74) is 3.34. The summed E-state index contributed by atoms with van der Waals surface area (Å²) < 4.78 is 7.54. The number of likely N-dealkylation sites (tertiary alicyclic amines) is 2. The van der Waals surface area contributed by atoms with E-state index in [1.807, 2.05) is 23.7 Å². The van der Waals surface area contributed by atoms with E-state index in [0.29, 0.717) is 0 Å². The Bertz CT molecular complexity index is 1310. The number of hydrogen-bond donors (Lipinski definition) is 1. The molecule has 2 atom stereocenters. The van der Waals surface area contributed by atoms with Gasteiger partial charge in [0.1, 0.15) is 6.33 Å². The third-order valence-corrected chi connectivity index (χ3v) is 9.63. The summed E-state index contributed by atoms with van der Waals surface area (Å²) in [7, 11) is 0. The molecule has 3 aliphatic rings. The van der Waals surface area contributed by atoms with Crippen LogP contribution in [0.2, 0.25) is 0 Å². The lowest BCUT2D eigenvalue weighted by atomic mass is 9.98. The van der Waals surface area contributed by atoms with Crippen LogP contribution >= 0.6 is 11.3 Å². The molecule has 0 bridgehead atoms. The van der Waals surface area contributed by atoms with Gasteiger partial charge in [-0.15, -0.1) is 11.3 Å². The lowest BCUT2D eigenvalue weighted by Gasteiger charge is -2.47. The molecule has 0 amide bonds. The van der Waals surface area contributed by atoms with Crippen LogP contribution in [0.15, 0.2) is 43.0 Å². The van der Waals surface area contributed by atoms with Crippen molar-refractivity contribution in [3.63, 3.8) is 0 Å². The predicted octanol–water partition coefficient (Wildman–Crippen LogP) is 4.59. The van der Waals surface area contributed by atoms with Crippen molar-refractivity contribution in [3.8, 4) is 0 Å². The van der Waals surface area contributed by atoms with E-state index in [-0.39, 0.29) is 12.3 Å². The summed E-state index contributed by atoms with van der Waals surface area (Å²) in [6.07, 6.45) is 12.4. The van der Waals surface area contributed by atoms with Gasteiger partial charge in [-0.2, -0.15) is 5.10 Å². The molecule has 3 aromatic heterocycles. The van der Waals surface area contributed by atoms with Gasteiger partial charge >= 0.3 is 0 Å². The molecule has 4 aromatic rings. The first-order valence-electron chi connectivity index (χ1n) is 13.8. The van der Waals surface area contributed by atoms with Crippen LogP contribution in [0.25, 0.3) is 21.1 Å². The highest BCUT2D eigenvalue weighted by atomic mass is 32.1. The highest BCUT2D eigenvalue weighted by Crippen LogP contribution is 2.39. The van der Waals surface area contributed by atoms with E-state index in [9.17, 15) is 0 Å². The minimum Gasteiger partial charge on any atom is -0.371 e. The molecule has 8 nitrogen and oxygen atoms in total. The summed E-state index contributed by atoms with van der Waals surface area (Å²) in [5.74, 6) is 0. The van der Waals surface area contributed by atoms with Crippen molar-refractivity contribution in [2.45, 2.75) is 50.4 Å². The van der Waals surface area contributed by atoms with Crippen molar-refractivity contribution in [2.24, 2.45) is 0 Å². The van der Waals surface area contributed by atoms with Crippen molar-refractivity contribution >= 4 is 32.5 Å². The Kier molecular flexibility index (Phi) is 6.64. The number of morpholine rings is 1. The molecule has 194 valence electrons. The molecule has 3 aliphatic heterocycles. The smallest absolute Gasteiger partial charge is 0.116 e. The van der Waals surface area contributed by atoms with E-state index in [1.165, 1.54) is 60.3 Å². The summed E-state index contributed by atoms with van der Waals surface area (Å²) in [6, 6.07) is 9.41. The third-order valence-electron chi connectivity index (χ3n) is 8.53. The van der Waals surface area contributed by atoms with Gasteiger partial charge < -0.3 is 9.64 Å². The van der Waals surface area contributed by atoms with Gasteiger partial charge in [0.05, 0.1) is 40.8 Å². The maximum absolute atomic E-state index is 6.37. The minimum absolute atomic E-state index is 0.0256. The highest BCUT2D eigenvalue weighted by Gasteiger charge is 2.36. The van der Waals surface area contributed by atoms with Gasteiger partial charge in [0.25, 0.3) is 0 Å². The lowest BCUT2D eigenvalue weighted by Crippen LogP contribution is -2.52. The number of aromatic amines is 1. The van der Waals surface area contributed by atoms with Crippen molar-refractivity contribution in [3.05, 3.63) is 53.4 Å². The number of benzene rings is 1. The van der Waals surface area contributed by atoms with Crippen molar-refractivity contribution in [1.29, 1.82) is 0 Å². The second-order valence-corrected chi connectivity index (χ2v) is 11.8. The molecule has 9 heteroatoms. The standard InChI is InChI=1S/C28H35N7OS/c1-2-9-33(10-3-1)20-7-11-34(12-8-20)28(26-15-24-27(37-26)17-29-19-30-24)35-13-14-36-25(18-35)21-5-4-6-23-22(21)16-31-32-23/h4-6,15-17,19-20,25,28H,1-3,7-14,18H2,(H,31,32). The van der Waals surface area contributed by atoms with Gasteiger partial charge in [-0.05, 0) is 56.5 Å². The normalized spacial score (nSPS) is 24.2. The average Bonchev–Trinajstić information content (AvgIpc) is 3.61. The maximum Gasteiger partial charge on any atom is 0.116 e. The number of nitrogens with zero attached hydrogens (tertiary/aromatic N) is 6. The first-order valence-corrected chi connectivity index (χ1v) is 14.6. The van der Waals surface area contributed by atoms with Crippen molar-refractivity contribution < 1.29 is 4.74 Å². The quantitative estimate of drug-likeness (QED) is 0.415. The van der Waals surface area contributed by atoms with Gasteiger partial charge in [0, 0.05) is 48.7 Å². The summed E-state index contributed by atoms with van der Waals surface area (Å²) in [4.78, 5) is 18.3. The zero-order valence-electron chi connectivity index (χ0n) is 21.3. The second-order valence-electron chi connectivity index (χ2n) is 10.7. The first kappa shape index (κ1) is 23.7. The van der Waals surface area contributed by atoms with Gasteiger partial charge in [-0.3, -0.25) is 14.9 Å². The Morgan fingerprint density at radius 1 is 1.00 bits per heavy atom. The number of thiophene rings is 1. The maximum atomic E-state index is 6.37. The monoisotopic (exact) mass is 517 g/mol. The lowest BCUT2D eigenvalue weighted by molar-refractivity contribution is -0.0835. The van der Waals surface area contributed by atoms with Crippen LogP contribution in [0.4, 0.5) is 0 Å². The molecule has 1 N–H and O–H groups in total. The van der Waals surface area contributed by atoms with Crippen molar-refractivity contribution in [1.82, 2.24) is 34.9 Å². The highest BCUT2D eigenvalue weighted by molar-refractivity contribution is 7.19. The number of rotatable bonds is 5. The summed E-state index contributed by atoms with van der Waals surface area (Å²) in [5, 5.41) is 8.56. The van der Waals surface area contributed by atoms with Crippen LogP contribution in [-0.2, 0) is 4.74 Å². The zero-order valence-corrected chi connectivity index (χ0v) is 22.1. The molecular weight excluding hydrogens is 482 g/mol. The molecular formula is C28H35N7OS. The van der Waals surface area contributed by atoms with Gasteiger partial charge in [-0.1, -0.05) is 18.6 Å². The molecule has 2 unspecified atom stereocenters. The summed E-state index contributed by atoms with van der Waals surface area (Å²) in [6.45, 7) is 7.34. The van der Waals surface area contributed by atoms with E-state index < -0.39 is 0 Å². The van der Waals surface area contributed by atoms with Crippen LogP contribution in [-0.4, -0.2) is 86.8 Å². The Hall–Kier alpha value is -2.43. The predicted molar refractivity (Wildman–Crippen MR) is 147 cm³/mol. The molecule has 0 aliphatic carbocycles. The Morgan fingerprint density at radius 2 is 1.89 bits per heavy atom. The number of ether oxygens (including phenoxy) is 1. The van der Waals surface area contributed by atoms with Gasteiger partial charge in [0.15, 0.2) is 0 Å². The first-order chi connectivity index (χ1) is 18.3. The Labute approximate surface area is 221 Å². The molecule has 0 saturated carbocycles. The summed E-state index contributed by atoms with van der Waals surface area (Å²) >= 11 is 1.85. The average molecular weight is 518 g/mol. The number of hydrogen-bond acceptors (Lipinski definition) is 8. The number of H-pyrrole nitrogens is 1. The molecule has 1 aromatic carbocycles. The van der Waals surface area contributed by atoms with Crippen LogP contribution in [0.3, 0.4) is 0 Å². The molecule has 37 heavy (non-hydrogen) atoms. The number of piperidine rings is 2. The van der Waals surface area contributed by atoms with Crippen LogP contribution < -0.4 is 0 Å². The van der Waals surface area contributed by atoms with Crippen molar-refractivity contribution in [2.75, 3.05) is 45.9 Å². The number of fused-ring (bicyclic) bond motifs is 2. The van der Waals surface area contributed by atoms with Gasteiger partial charge in [0.2, 0.25) is 0 Å². The largest absolute Gasteiger partial charge is 0.371 e. The minimum atomic E-state index is 0.0256. The van der Waals surface area contributed by atoms with Crippen LogP contribution in [0, 0.1) is 0 Å². The zero-order chi connectivity index (χ0) is 24.6. The molecule has 7 rings (SSSR count). The van der Waals surface area contributed by atoms with E-state index in [1.54, 1.807) is 6.33 Å². The van der Waals surface area contributed by atoms with E-state index in [0.717, 1.165) is 55.2 Å². The van der Waals surface area contributed by atoms with E-state index in [4.69, 9.17) is 4.74 Å². The number of aromatic nitrogens is 4. The Balaban J connectivity index is 1.17. The fraction of sp³-hybridized carbons (Fsp3) is 0.536. The molecule has 0 spiro atoms. The molecule has 3 saturated heterocycles.